The molecule has 0 spiro atoms. The molecule has 2 aliphatic heterocycles. The molecule has 4 atom stereocenters. The van der Waals surface area contributed by atoms with Gasteiger partial charge in [-0.1, -0.05) is 25.5 Å². The minimum absolute atomic E-state index is 0.125. The van der Waals surface area contributed by atoms with Gasteiger partial charge in [0.1, 0.15) is 22.6 Å². The Bertz CT molecular complexity index is 1770. The zero-order valence-electron chi connectivity index (χ0n) is 34.6. The predicted octanol–water partition coefficient (Wildman–Crippen LogP) is 5.16. The van der Waals surface area contributed by atoms with E-state index in [9.17, 15) is 24.0 Å². The average molecular weight is 779 g/mol. The van der Waals surface area contributed by atoms with E-state index in [1.165, 1.54) is 16.6 Å². The molecule has 15 heteroatoms. The number of urea groups is 1. The monoisotopic (exact) mass is 778 g/mol. The van der Waals surface area contributed by atoms with Crippen molar-refractivity contribution in [3.63, 3.8) is 0 Å². The number of alkyl carbamates (subject to hydrolysis) is 2. The fourth-order valence-electron chi connectivity index (χ4n) is 8.02. The molecule has 5 rings (SSSR count). The number of carbonyl (C=O) groups excluding carboxylic acids is 4. The van der Waals surface area contributed by atoms with Crippen LogP contribution in [0.25, 0.3) is 5.69 Å². The fraction of sp³-hybridized carbons (Fsp3) is 0.659. The maximum atomic E-state index is 13.2. The number of nitrogens with zero attached hydrogens (tertiary/aromatic N) is 5. The quantitative estimate of drug-likeness (QED) is 0.312. The third-order valence-electron chi connectivity index (χ3n) is 10.7. The molecule has 1 aromatic heterocycles. The van der Waals surface area contributed by atoms with E-state index in [-0.39, 0.29) is 50.0 Å². The van der Waals surface area contributed by atoms with E-state index in [0.29, 0.717) is 23.6 Å². The van der Waals surface area contributed by atoms with E-state index >= 15 is 0 Å². The van der Waals surface area contributed by atoms with Gasteiger partial charge >= 0.3 is 23.9 Å². The van der Waals surface area contributed by atoms with Gasteiger partial charge in [-0.15, -0.1) is 0 Å². The highest BCUT2D eigenvalue weighted by atomic mass is 16.6. The average Bonchev–Trinajstić information content (AvgIpc) is 3.54. The summed E-state index contributed by atoms with van der Waals surface area (Å²) in [6.45, 7) is 19.4. The van der Waals surface area contributed by atoms with Crippen LogP contribution >= 0.6 is 0 Å². The molecule has 0 bridgehead atoms. The number of ether oxygens (including phenoxy) is 2. The predicted molar refractivity (Wildman–Crippen MR) is 214 cm³/mol. The van der Waals surface area contributed by atoms with Crippen molar-refractivity contribution in [1.29, 1.82) is 0 Å². The lowest BCUT2D eigenvalue weighted by Crippen LogP contribution is -2.60. The van der Waals surface area contributed by atoms with Gasteiger partial charge in [0, 0.05) is 57.5 Å². The molecule has 2 saturated heterocycles. The number of hydrogen-bond acceptors (Lipinski definition) is 9. The first-order valence-corrected chi connectivity index (χ1v) is 20.0. The van der Waals surface area contributed by atoms with Crippen molar-refractivity contribution in [1.82, 2.24) is 34.9 Å². The van der Waals surface area contributed by atoms with Crippen LogP contribution in [0.5, 0.6) is 0 Å². The van der Waals surface area contributed by atoms with Crippen LogP contribution in [-0.4, -0.2) is 116 Å². The summed E-state index contributed by atoms with van der Waals surface area (Å²) in [6, 6.07) is 9.58. The highest BCUT2D eigenvalue weighted by Gasteiger charge is 2.43. The molecule has 1 aromatic carbocycles. The lowest BCUT2D eigenvalue weighted by molar-refractivity contribution is -0.138. The van der Waals surface area contributed by atoms with Gasteiger partial charge in [0.05, 0.1) is 5.69 Å². The number of rotatable bonds is 9. The number of carbonyl (C=O) groups is 4. The van der Waals surface area contributed by atoms with Gasteiger partial charge in [-0.2, -0.15) is 4.98 Å². The molecule has 5 amide bonds. The van der Waals surface area contributed by atoms with Crippen molar-refractivity contribution in [2.75, 3.05) is 44.6 Å². The molecule has 1 aliphatic carbocycles. The van der Waals surface area contributed by atoms with Crippen molar-refractivity contribution < 1.29 is 28.7 Å². The fourth-order valence-corrected chi connectivity index (χ4v) is 8.02. The second-order valence-corrected chi connectivity index (χ2v) is 17.9. The molecular formula is C41H62N8O7. The molecule has 3 aliphatic rings. The summed E-state index contributed by atoms with van der Waals surface area (Å²) < 4.78 is 12.3. The van der Waals surface area contributed by atoms with Crippen molar-refractivity contribution in [2.45, 2.75) is 123 Å². The zero-order valence-corrected chi connectivity index (χ0v) is 34.6. The molecule has 15 nitrogen and oxygen atoms in total. The highest BCUT2D eigenvalue weighted by molar-refractivity contribution is 5.90. The maximum Gasteiger partial charge on any atom is 0.408 e. The number of fused-ring (bicyclic) bond motifs is 1. The van der Waals surface area contributed by atoms with E-state index < -0.39 is 34.6 Å². The standard InChI is InChI=1S/C41H62N8O7/c1-10-29(48-25-28-12-11-13-32(31(28)26-48)42-37(53)55-39(2,3)4)24-27-14-16-30(17-15-27)49-19-18-33(44-36(49)52)43-35(51)47-22-20-46(21-23-47)34(50)41(8,9)45-38(54)56-40(5,6)7/h14-19,28-29,31-32H,10-13,20-26H2,1-9H3,(H,42,53)(H,45,54)(H,43,44,51,52). The van der Waals surface area contributed by atoms with Crippen molar-refractivity contribution in [3.8, 4) is 5.69 Å². The van der Waals surface area contributed by atoms with Gasteiger partial charge in [0.2, 0.25) is 5.91 Å². The summed E-state index contributed by atoms with van der Waals surface area (Å²) in [5.41, 5.74) is -1.09. The van der Waals surface area contributed by atoms with Gasteiger partial charge in [-0.05, 0) is 117 Å². The number of benzene rings is 1. The normalized spacial score (nSPS) is 21.1. The van der Waals surface area contributed by atoms with E-state index in [4.69, 9.17) is 9.47 Å². The summed E-state index contributed by atoms with van der Waals surface area (Å²) in [7, 11) is 0. The SMILES string of the molecule is CCC(Cc1ccc(-n2ccc(NC(=O)N3CCN(C(=O)C(C)(C)NC(=O)OC(C)(C)C)CC3)nc2=O)cc1)N1CC2CCCC(NC(=O)OC(C)(C)C)C2C1. The molecule has 2 aromatic rings. The molecule has 0 radical (unpaired) electrons. The van der Waals surface area contributed by atoms with Crippen LogP contribution in [0.1, 0.15) is 93.6 Å². The van der Waals surface area contributed by atoms with Gasteiger partial charge in [0.15, 0.2) is 0 Å². The Balaban J connectivity index is 1.11. The maximum absolute atomic E-state index is 13.2. The highest BCUT2D eigenvalue weighted by Crippen LogP contribution is 2.38. The van der Waals surface area contributed by atoms with Gasteiger partial charge in [-0.25, -0.2) is 19.2 Å². The summed E-state index contributed by atoms with van der Waals surface area (Å²) in [5.74, 6) is 0.825. The largest absolute Gasteiger partial charge is 0.444 e. The first kappa shape index (κ1) is 42.5. The summed E-state index contributed by atoms with van der Waals surface area (Å²) >= 11 is 0. The Morgan fingerprint density at radius 3 is 2.07 bits per heavy atom. The molecule has 56 heavy (non-hydrogen) atoms. The molecule has 308 valence electrons. The van der Waals surface area contributed by atoms with E-state index in [1.807, 2.05) is 32.9 Å². The Hall–Kier alpha value is -4.66. The first-order valence-electron chi connectivity index (χ1n) is 20.0. The van der Waals surface area contributed by atoms with Crippen LogP contribution in [0.2, 0.25) is 0 Å². The van der Waals surface area contributed by atoms with Gasteiger partial charge < -0.3 is 29.9 Å². The molecule has 3 N–H and O–H groups in total. The topological polar surface area (TPSA) is 167 Å². The summed E-state index contributed by atoms with van der Waals surface area (Å²) in [4.78, 5) is 74.1. The van der Waals surface area contributed by atoms with Crippen LogP contribution in [-0.2, 0) is 20.7 Å². The Kier molecular flexibility index (Phi) is 13.1. The zero-order chi connectivity index (χ0) is 41.0. The number of piperazine rings is 1. The summed E-state index contributed by atoms with van der Waals surface area (Å²) in [6.07, 6.45) is 5.73. The molecule has 3 heterocycles. The van der Waals surface area contributed by atoms with E-state index in [1.54, 1.807) is 56.7 Å². The molecule has 3 fully saturated rings. The number of likely N-dealkylation sites (tertiary alicyclic amines) is 1. The minimum atomic E-state index is -1.19. The van der Waals surface area contributed by atoms with E-state index in [0.717, 1.165) is 38.8 Å². The number of hydrogen-bond donors (Lipinski definition) is 3. The number of anilines is 1. The lowest BCUT2D eigenvalue weighted by Gasteiger charge is -2.38. The molecule has 4 unspecified atom stereocenters. The second kappa shape index (κ2) is 17.2. The number of amides is 5. The third-order valence-corrected chi connectivity index (χ3v) is 10.7. The van der Waals surface area contributed by atoms with Crippen LogP contribution < -0.4 is 21.6 Å². The van der Waals surface area contributed by atoms with Crippen LogP contribution in [0.4, 0.5) is 20.2 Å². The smallest absolute Gasteiger partial charge is 0.408 e. The lowest BCUT2D eigenvalue weighted by atomic mass is 9.78. The van der Waals surface area contributed by atoms with E-state index in [2.05, 4.69) is 44.9 Å². The van der Waals surface area contributed by atoms with Crippen LogP contribution in [0.15, 0.2) is 41.3 Å². The minimum Gasteiger partial charge on any atom is -0.444 e. The first-order chi connectivity index (χ1) is 26.2. The number of aromatic nitrogens is 2. The van der Waals surface area contributed by atoms with Gasteiger partial charge in [0.25, 0.3) is 0 Å². The molecule has 1 saturated carbocycles. The van der Waals surface area contributed by atoms with Crippen molar-refractivity contribution in [3.05, 3.63) is 52.6 Å². The van der Waals surface area contributed by atoms with Gasteiger partial charge in [-0.3, -0.25) is 19.6 Å². The second-order valence-electron chi connectivity index (χ2n) is 17.9. The van der Waals surface area contributed by atoms with Crippen LogP contribution in [0.3, 0.4) is 0 Å². The van der Waals surface area contributed by atoms with Crippen molar-refractivity contribution >= 4 is 29.9 Å². The van der Waals surface area contributed by atoms with Crippen LogP contribution in [0, 0.1) is 11.8 Å². The molecular weight excluding hydrogens is 716 g/mol. The number of nitrogens with one attached hydrogen (secondary N) is 3. The Morgan fingerprint density at radius 2 is 1.46 bits per heavy atom. The summed E-state index contributed by atoms with van der Waals surface area (Å²) in [5, 5.41) is 8.53. The third kappa shape index (κ3) is 11.2. The Labute approximate surface area is 330 Å². The van der Waals surface area contributed by atoms with Crippen molar-refractivity contribution in [2.24, 2.45) is 11.8 Å². The Morgan fingerprint density at radius 1 is 0.839 bits per heavy atom.